The molecule has 0 heterocycles. The van der Waals surface area contributed by atoms with Gasteiger partial charge < -0.3 is 14.8 Å². The van der Waals surface area contributed by atoms with Crippen molar-refractivity contribution in [3.63, 3.8) is 0 Å². The molecule has 0 saturated heterocycles. The minimum Gasteiger partial charge on any atom is -0.497 e. The van der Waals surface area contributed by atoms with Gasteiger partial charge in [-0.2, -0.15) is 0 Å². The molecular formula is C23H23FN2O5S. The Morgan fingerprint density at radius 3 is 2.44 bits per heavy atom. The first-order chi connectivity index (χ1) is 15.3. The number of rotatable bonds is 9. The normalized spacial score (nSPS) is 11.1. The maximum atomic E-state index is 14.4. The lowest BCUT2D eigenvalue weighted by Gasteiger charge is -2.13. The molecular weight excluding hydrogens is 435 g/mol. The van der Waals surface area contributed by atoms with Gasteiger partial charge in [-0.25, -0.2) is 17.5 Å². The van der Waals surface area contributed by atoms with E-state index < -0.39 is 27.3 Å². The summed E-state index contributed by atoms with van der Waals surface area (Å²) in [4.78, 5) is 12.5. The van der Waals surface area contributed by atoms with Crippen LogP contribution in [0.25, 0.3) is 0 Å². The molecule has 0 radical (unpaired) electrons. The molecule has 0 saturated carbocycles. The summed E-state index contributed by atoms with van der Waals surface area (Å²) in [6, 6.07) is 16.6. The number of hydrogen-bond donors (Lipinski definition) is 2. The Kier molecular flexibility index (Phi) is 7.45. The molecule has 0 aromatic heterocycles. The molecule has 32 heavy (non-hydrogen) atoms. The number of anilines is 1. The minimum atomic E-state index is -3.99. The van der Waals surface area contributed by atoms with E-state index in [0.29, 0.717) is 29.4 Å². The number of nitrogens with one attached hydrogen (secondary N) is 2. The van der Waals surface area contributed by atoms with Gasteiger partial charge in [-0.3, -0.25) is 4.79 Å². The lowest BCUT2D eigenvalue weighted by Crippen LogP contribution is -2.24. The molecule has 7 nitrogen and oxygen atoms in total. The fourth-order valence-electron chi connectivity index (χ4n) is 2.89. The topological polar surface area (TPSA) is 93.7 Å². The number of benzene rings is 3. The molecule has 0 fully saturated rings. The van der Waals surface area contributed by atoms with E-state index in [-0.39, 0.29) is 11.4 Å². The van der Waals surface area contributed by atoms with Gasteiger partial charge in [-0.1, -0.05) is 24.3 Å². The fourth-order valence-corrected chi connectivity index (χ4v) is 3.94. The van der Waals surface area contributed by atoms with E-state index in [0.717, 1.165) is 18.2 Å². The van der Waals surface area contributed by atoms with E-state index >= 15 is 0 Å². The lowest BCUT2D eigenvalue weighted by atomic mass is 10.2. The quantitative estimate of drug-likeness (QED) is 0.506. The van der Waals surface area contributed by atoms with Crippen LogP contribution in [0.2, 0.25) is 0 Å². The van der Waals surface area contributed by atoms with Crippen molar-refractivity contribution in [2.75, 3.05) is 19.0 Å². The smallest absolute Gasteiger partial charge is 0.258 e. The molecule has 3 aromatic carbocycles. The summed E-state index contributed by atoms with van der Waals surface area (Å²) in [5, 5.41) is 2.57. The van der Waals surface area contributed by atoms with Crippen LogP contribution >= 0.6 is 0 Å². The second-order valence-corrected chi connectivity index (χ2v) is 8.46. The zero-order valence-electron chi connectivity index (χ0n) is 17.6. The van der Waals surface area contributed by atoms with Crippen molar-refractivity contribution < 1.29 is 27.1 Å². The van der Waals surface area contributed by atoms with E-state index in [1.54, 1.807) is 55.5 Å². The number of carbonyl (C=O) groups excluding carboxylic acids is 1. The molecule has 0 aliphatic carbocycles. The van der Waals surface area contributed by atoms with Crippen molar-refractivity contribution in [1.29, 1.82) is 0 Å². The van der Waals surface area contributed by atoms with E-state index in [4.69, 9.17) is 9.47 Å². The largest absolute Gasteiger partial charge is 0.497 e. The van der Waals surface area contributed by atoms with Crippen molar-refractivity contribution in [3.8, 4) is 11.5 Å². The number of carbonyl (C=O) groups is 1. The van der Waals surface area contributed by atoms with Gasteiger partial charge in [0.2, 0.25) is 10.0 Å². The molecule has 3 rings (SSSR count). The average molecular weight is 459 g/mol. The highest BCUT2D eigenvalue weighted by Gasteiger charge is 2.20. The summed E-state index contributed by atoms with van der Waals surface area (Å²) in [6.07, 6.45) is 0. The van der Waals surface area contributed by atoms with E-state index in [1.165, 1.54) is 7.11 Å². The third-order valence-corrected chi connectivity index (χ3v) is 5.95. The van der Waals surface area contributed by atoms with Gasteiger partial charge >= 0.3 is 0 Å². The fraction of sp³-hybridized carbons (Fsp3) is 0.174. The van der Waals surface area contributed by atoms with Gasteiger partial charge in [0, 0.05) is 6.54 Å². The van der Waals surface area contributed by atoms with Crippen LogP contribution in [0.1, 0.15) is 22.8 Å². The summed E-state index contributed by atoms with van der Waals surface area (Å²) in [7, 11) is -2.45. The van der Waals surface area contributed by atoms with Crippen LogP contribution < -0.4 is 19.5 Å². The third kappa shape index (κ3) is 5.63. The maximum absolute atomic E-state index is 14.4. The number of halogens is 1. The maximum Gasteiger partial charge on any atom is 0.258 e. The van der Waals surface area contributed by atoms with Crippen LogP contribution in [-0.2, 0) is 16.6 Å². The first-order valence-electron chi connectivity index (χ1n) is 9.79. The molecule has 9 heteroatoms. The van der Waals surface area contributed by atoms with E-state index in [2.05, 4.69) is 10.0 Å². The average Bonchev–Trinajstić information content (AvgIpc) is 2.79. The van der Waals surface area contributed by atoms with Crippen LogP contribution in [0.15, 0.2) is 71.6 Å². The summed E-state index contributed by atoms with van der Waals surface area (Å²) < 4.78 is 52.7. The summed E-state index contributed by atoms with van der Waals surface area (Å²) in [6.45, 7) is 2.20. The molecule has 0 aliphatic rings. The number of para-hydroxylation sites is 2. The van der Waals surface area contributed by atoms with Crippen molar-refractivity contribution in [1.82, 2.24) is 4.72 Å². The molecule has 0 spiro atoms. The van der Waals surface area contributed by atoms with Crippen LogP contribution in [0.5, 0.6) is 11.5 Å². The second kappa shape index (κ2) is 10.3. The Labute approximate surface area is 186 Å². The Balaban J connectivity index is 1.78. The molecule has 0 bridgehead atoms. The van der Waals surface area contributed by atoms with Gasteiger partial charge in [0.05, 0.1) is 29.9 Å². The predicted molar refractivity (Wildman–Crippen MR) is 119 cm³/mol. The monoisotopic (exact) mass is 458 g/mol. The number of amides is 1. The highest BCUT2D eigenvalue weighted by atomic mass is 32.2. The molecule has 0 aliphatic heterocycles. The first kappa shape index (κ1) is 23.2. The van der Waals surface area contributed by atoms with Gasteiger partial charge in [0.1, 0.15) is 17.3 Å². The highest BCUT2D eigenvalue weighted by Crippen LogP contribution is 2.25. The van der Waals surface area contributed by atoms with Crippen LogP contribution in [0.3, 0.4) is 0 Å². The summed E-state index contributed by atoms with van der Waals surface area (Å²) >= 11 is 0. The Morgan fingerprint density at radius 1 is 1.03 bits per heavy atom. The molecule has 2 N–H and O–H groups in total. The van der Waals surface area contributed by atoms with Crippen LogP contribution in [0, 0.1) is 5.82 Å². The van der Waals surface area contributed by atoms with Gasteiger partial charge in [-0.05, 0) is 55.0 Å². The number of methoxy groups -OCH3 is 1. The lowest BCUT2D eigenvalue weighted by molar-refractivity contribution is 0.102. The first-order valence-corrected chi connectivity index (χ1v) is 11.3. The van der Waals surface area contributed by atoms with Crippen molar-refractivity contribution in [2.45, 2.75) is 18.4 Å². The Bertz CT molecular complexity index is 1200. The number of hydrogen-bond acceptors (Lipinski definition) is 5. The summed E-state index contributed by atoms with van der Waals surface area (Å²) in [5.41, 5.74) is 0.662. The molecule has 3 aromatic rings. The van der Waals surface area contributed by atoms with Gasteiger partial charge in [0.25, 0.3) is 5.91 Å². The molecule has 0 unspecified atom stereocenters. The van der Waals surface area contributed by atoms with E-state index in [1.807, 2.05) is 0 Å². The van der Waals surface area contributed by atoms with Crippen molar-refractivity contribution >= 4 is 21.6 Å². The Hall–Kier alpha value is -3.43. The third-order valence-electron chi connectivity index (χ3n) is 4.55. The van der Waals surface area contributed by atoms with Crippen LogP contribution in [-0.4, -0.2) is 28.0 Å². The number of ether oxygens (including phenoxy) is 2. The number of sulfonamides is 1. The van der Waals surface area contributed by atoms with Gasteiger partial charge in [-0.15, -0.1) is 0 Å². The molecule has 0 atom stereocenters. The Morgan fingerprint density at radius 2 is 1.75 bits per heavy atom. The van der Waals surface area contributed by atoms with Crippen molar-refractivity contribution in [3.05, 3.63) is 83.7 Å². The molecule has 168 valence electrons. The minimum absolute atomic E-state index is 0.0208. The predicted octanol–water partition coefficient (Wildman–Crippen LogP) is 3.96. The summed E-state index contributed by atoms with van der Waals surface area (Å²) in [5.74, 6) is -0.558. The second-order valence-electron chi connectivity index (χ2n) is 6.70. The highest BCUT2D eigenvalue weighted by molar-refractivity contribution is 7.89. The standard InChI is InChI=1S/C23H23FN2O5S/c1-3-31-22-7-5-4-6-21(22)26-23(27)19-14-18(12-13-20(19)24)32(28,29)25-15-16-8-10-17(30-2)11-9-16/h4-14,25H,3,15H2,1-2H3,(H,26,27). The SMILES string of the molecule is CCOc1ccccc1NC(=O)c1cc(S(=O)(=O)NCc2ccc(OC)cc2)ccc1F. The van der Waals surface area contributed by atoms with Crippen LogP contribution in [0.4, 0.5) is 10.1 Å². The van der Waals surface area contributed by atoms with Gasteiger partial charge in [0.15, 0.2) is 0 Å². The molecule has 1 amide bonds. The van der Waals surface area contributed by atoms with E-state index in [9.17, 15) is 17.6 Å². The zero-order chi connectivity index (χ0) is 23.1. The zero-order valence-corrected chi connectivity index (χ0v) is 18.4. The van der Waals surface area contributed by atoms with Crippen molar-refractivity contribution in [2.24, 2.45) is 0 Å².